The second-order valence-corrected chi connectivity index (χ2v) is 11.0. The molecule has 0 radical (unpaired) electrons. The molecule has 1 aliphatic carbocycles. The Morgan fingerprint density at radius 1 is 1.05 bits per heavy atom. The number of amides is 1. The normalized spacial score (nSPS) is 21.6. The molecule has 0 aromatic heterocycles. The molecule has 2 aliphatic rings. The zero-order valence-corrected chi connectivity index (χ0v) is 22.3. The van der Waals surface area contributed by atoms with Crippen LogP contribution in [0.3, 0.4) is 0 Å². The molecule has 0 spiro atoms. The average molecular weight is 575 g/mol. The van der Waals surface area contributed by atoms with Gasteiger partial charge in [-0.1, -0.05) is 13.8 Å². The molecule has 40 heavy (non-hydrogen) atoms. The molecule has 218 valence electrons. The van der Waals surface area contributed by atoms with Crippen LogP contribution < -0.4 is 10.5 Å². The maximum Gasteiger partial charge on any atom is 0.416 e. The Hall–Kier alpha value is -3.44. The van der Waals surface area contributed by atoms with Crippen molar-refractivity contribution >= 4 is 17.4 Å². The van der Waals surface area contributed by atoms with Gasteiger partial charge >= 0.3 is 18.4 Å². The molecule has 2 aromatic rings. The summed E-state index contributed by atoms with van der Waals surface area (Å²) >= 11 is 0. The van der Waals surface area contributed by atoms with Crippen LogP contribution in [0.1, 0.15) is 68.4 Å². The number of hydrogen-bond donors (Lipinski definition) is 1. The van der Waals surface area contributed by atoms with E-state index in [4.69, 9.17) is 15.2 Å². The highest BCUT2D eigenvalue weighted by Crippen LogP contribution is 2.47. The first kappa shape index (κ1) is 29.5. The molecule has 0 unspecified atom stereocenters. The van der Waals surface area contributed by atoms with Crippen molar-refractivity contribution in [3.05, 3.63) is 64.0 Å². The monoisotopic (exact) mass is 574 g/mol. The molecule has 1 saturated heterocycles. The number of nitrogens with two attached hydrogens (primary N) is 1. The number of hydrogen-bond acceptors (Lipinski definition) is 4. The predicted molar refractivity (Wildman–Crippen MR) is 134 cm³/mol. The number of ether oxygens (including phenoxy) is 2. The molecule has 12 heteroatoms. The Morgan fingerprint density at radius 2 is 1.65 bits per heavy atom. The van der Waals surface area contributed by atoms with Gasteiger partial charge in [0, 0.05) is 18.2 Å². The van der Waals surface area contributed by atoms with E-state index < -0.39 is 53.1 Å². The van der Waals surface area contributed by atoms with Gasteiger partial charge in [0.15, 0.2) is 0 Å². The summed E-state index contributed by atoms with van der Waals surface area (Å²) in [5.74, 6) is -0.407. The number of rotatable bonds is 5. The molecule has 0 bridgehead atoms. The minimum Gasteiger partial charge on any atom is -0.496 e. The maximum atomic E-state index is 14.1. The van der Waals surface area contributed by atoms with Crippen molar-refractivity contribution < 1.29 is 45.0 Å². The largest absolute Gasteiger partial charge is 0.496 e. The number of nitrogens with zero attached hydrogens (tertiary/aromatic N) is 1. The Balaban J connectivity index is 1.74. The van der Waals surface area contributed by atoms with E-state index in [1.165, 1.54) is 31.1 Å². The average Bonchev–Trinajstić information content (AvgIpc) is 3.12. The number of allylic oxidation sites excluding steroid dienone is 1. The second kappa shape index (κ2) is 10.2. The van der Waals surface area contributed by atoms with Crippen LogP contribution in [0.5, 0.6) is 5.75 Å². The molecule has 1 fully saturated rings. The molecule has 5 nitrogen and oxygen atoms in total. The lowest BCUT2D eigenvalue weighted by molar-refractivity contribution is -0.143. The fourth-order valence-electron chi connectivity index (χ4n) is 5.37. The molecule has 2 N–H and O–H groups in total. The van der Waals surface area contributed by atoms with E-state index in [9.17, 15) is 35.5 Å². The smallest absolute Gasteiger partial charge is 0.416 e. The highest BCUT2D eigenvalue weighted by Gasteiger charge is 2.44. The van der Waals surface area contributed by atoms with Gasteiger partial charge in [0.05, 0.1) is 30.0 Å². The highest BCUT2D eigenvalue weighted by molar-refractivity contribution is 5.78. The molecular formula is C28H29F7N2O3. The minimum atomic E-state index is -5.04. The molecule has 2 atom stereocenters. The summed E-state index contributed by atoms with van der Waals surface area (Å²) in [4.78, 5) is 14.3. The fourth-order valence-corrected chi connectivity index (χ4v) is 5.37. The van der Waals surface area contributed by atoms with Gasteiger partial charge in [0.1, 0.15) is 17.7 Å². The molecule has 0 saturated carbocycles. The first-order valence-corrected chi connectivity index (χ1v) is 12.5. The van der Waals surface area contributed by atoms with Crippen LogP contribution in [0.15, 0.2) is 35.9 Å². The highest BCUT2D eigenvalue weighted by atomic mass is 19.4. The van der Waals surface area contributed by atoms with Crippen LogP contribution >= 0.6 is 0 Å². The Kier molecular flexibility index (Phi) is 7.53. The molecular weight excluding hydrogens is 545 g/mol. The van der Waals surface area contributed by atoms with E-state index in [2.05, 4.69) is 0 Å². The summed E-state index contributed by atoms with van der Waals surface area (Å²) in [7, 11) is 1.39. The zero-order chi connectivity index (χ0) is 29.8. The van der Waals surface area contributed by atoms with Gasteiger partial charge in [-0.15, -0.1) is 0 Å². The summed E-state index contributed by atoms with van der Waals surface area (Å²) < 4.78 is 106. The number of alkyl halides is 6. The molecule has 4 rings (SSSR count). The van der Waals surface area contributed by atoms with Crippen molar-refractivity contribution in [1.82, 2.24) is 4.90 Å². The van der Waals surface area contributed by atoms with Crippen molar-refractivity contribution in [2.75, 3.05) is 19.4 Å². The zero-order valence-electron chi connectivity index (χ0n) is 22.3. The Morgan fingerprint density at radius 3 is 2.20 bits per heavy atom. The van der Waals surface area contributed by atoms with Crippen molar-refractivity contribution in [1.29, 1.82) is 0 Å². The third kappa shape index (κ3) is 5.85. The van der Waals surface area contributed by atoms with Gasteiger partial charge in [0.2, 0.25) is 0 Å². The molecule has 2 aromatic carbocycles. The van der Waals surface area contributed by atoms with E-state index in [0.29, 0.717) is 30.5 Å². The topological polar surface area (TPSA) is 64.8 Å². The summed E-state index contributed by atoms with van der Waals surface area (Å²) in [6.45, 7) is 5.58. The van der Waals surface area contributed by atoms with Crippen LogP contribution in [-0.4, -0.2) is 30.7 Å². The number of cyclic esters (lactones) is 1. The van der Waals surface area contributed by atoms with Crippen LogP contribution in [0.2, 0.25) is 0 Å². The first-order valence-electron chi connectivity index (χ1n) is 12.5. The summed E-state index contributed by atoms with van der Waals surface area (Å²) in [5.41, 5.74) is 4.30. The predicted octanol–water partition coefficient (Wildman–Crippen LogP) is 8.00. The number of benzene rings is 2. The Labute approximate surface area is 226 Å². The van der Waals surface area contributed by atoms with E-state index >= 15 is 0 Å². The fraction of sp³-hybridized carbons (Fsp3) is 0.464. The summed E-state index contributed by atoms with van der Waals surface area (Å²) in [5, 5.41) is 0. The number of carbonyl (C=O) groups excluding carboxylic acids is 1. The number of methoxy groups -OCH3 is 1. The van der Waals surface area contributed by atoms with Gasteiger partial charge in [0.25, 0.3) is 0 Å². The lowest BCUT2D eigenvalue weighted by Crippen LogP contribution is -2.35. The minimum absolute atomic E-state index is 0.000782. The van der Waals surface area contributed by atoms with E-state index in [-0.39, 0.29) is 29.5 Å². The molecule has 1 aliphatic heterocycles. The third-order valence-electron chi connectivity index (χ3n) is 7.51. The van der Waals surface area contributed by atoms with Crippen molar-refractivity contribution in [3.63, 3.8) is 0 Å². The lowest BCUT2D eigenvalue weighted by Gasteiger charge is -2.36. The van der Waals surface area contributed by atoms with Crippen LogP contribution in [0.25, 0.3) is 5.57 Å². The lowest BCUT2D eigenvalue weighted by atomic mass is 9.72. The number of anilines is 1. The quantitative estimate of drug-likeness (QED) is 0.290. The Bertz CT molecular complexity index is 1320. The second-order valence-electron chi connectivity index (χ2n) is 11.0. The third-order valence-corrected chi connectivity index (χ3v) is 7.51. The van der Waals surface area contributed by atoms with Gasteiger partial charge in [-0.25, -0.2) is 9.18 Å². The van der Waals surface area contributed by atoms with Gasteiger partial charge in [-0.2, -0.15) is 26.3 Å². The summed E-state index contributed by atoms with van der Waals surface area (Å²) in [6, 6.07) is 2.92. The summed E-state index contributed by atoms with van der Waals surface area (Å²) in [6.07, 6.45) is -10.5. The van der Waals surface area contributed by atoms with E-state index in [1.54, 1.807) is 0 Å². The molecule has 1 amide bonds. The van der Waals surface area contributed by atoms with Gasteiger partial charge in [-0.05, 0) is 72.6 Å². The number of carbonyl (C=O) groups is 1. The van der Waals surface area contributed by atoms with Crippen molar-refractivity contribution in [2.45, 2.75) is 64.5 Å². The van der Waals surface area contributed by atoms with Crippen LogP contribution in [-0.2, 0) is 17.1 Å². The number of nitrogen functional groups attached to an aromatic ring is 1. The van der Waals surface area contributed by atoms with Crippen LogP contribution in [0.4, 0.5) is 41.2 Å². The van der Waals surface area contributed by atoms with E-state index in [1.807, 2.05) is 13.8 Å². The van der Waals surface area contributed by atoms with Crippen LogP contribution in [0, 0.1) is 11.2 Å². The van der Waals surface area contributed by atoms with Gasteiger partial charge in [-0.3, -0.25) is 4.90 Å². The van der Waals surface area contributed by atoms with E-state index in [0.717, 1.165) is 17.6 Å². The molecule has 1 heterocycles. The first-order chi connectivity index (χ1) is 18.4. The van der Waals surface area contributed by atoms with Gasteiger partial charge < -0.3 is 15.2 Å². The number of halogens is 7. The van der Waals surface area contributed by atoms with Crippen molar-refractivity contribution in [2.24, 2.45) is 5.41 Å². The van der Waals surface area contributed by atoms with Crippen molar-refractivity contribution in [3.8, 4) is 5.75 Å². The maximum absolute atomic E-state index is 14.1. The standard InChI is InChI=1S/C28H29F7N2O3/c1-14-24(15-7-17(27(30,31)32)9-18(8-15)28(33,34)35)40-25(38)37(14)13-16-12-26(2,3)6-5-19(16)20-10-22(36)21(29)11-23(20)39-4/h7-11,14,24H,5-6,12-13,36H2,1-4H3/t14-,24-/m0/s1. The SMILES string of the molecule is COc1cc(F)c(N)cc1C1=C(CN2C(=O)O[C@H](c3cc(C(F)(F)F)cc(C(F)(F)F)c3)[C@@H]2C)CC(C)(C)CC1.